The molecule has 0 fully saturated rings. The number of halogens is 2. The third-order valence-electron chi connectivity index (χ3n) is 2.24. The van der Waals surface area contributed by atoms with E-state index in [9.17, 15) is 4.79 Å². The summed E-state index contributed by atoms with van der Waals surface area (Å²) >= 11 is 11.8. The normalized spacial score (nSPS) is 10.2. The summed E-state index contributed by atoms with van der Waals surface area (Å²) in [5.41, 5.74) is 1.47. The number of anilines is 1. The number of rotatable bonds is 2. The number of amides is 1. The number of carbonyl (C=O) groups is 1. The van der Waals surface area contributed by atoms with E-state index in [1.165, 1.54) is 0 Å². The van der Waals surface area contributed by atoms with Gasteiger partial charge < -0.3 is 5.32 Å². The van der Waals surface area contributed by atoms with Crippen LogP contribution in [0.4, 0.5) is 5.69 Å². The van der Waals surface area contributed by atoms with E-state index in [2.05, 4.69) is 15.3 Å². The monoisotopic (exact) mass is 281 g/mol. The lowest BCUT2D eigenvalue weighted by molar-refractivity contribution is 0.102. The molecule has 0 radical (unpaired) electrons. The fraction of sp³-hybridized carbons (Fsp3) is 0.0833. The van der Waals surface area contributed by atoms with Crippen LogP contribution in [0.1, 0.15) is 16.1 Å². The molecule has 2 aromatic rings. The lowest BCUT2D eigenvalue weighted by Gasteiger charge is -2.07. The Balaban J connectivity index is 2.25. The van der Waals surface area contributed by atoms with Gasteiger partial charge in [0.05, 0.1) is 11.3 Å². The van der Waals surface area contributed by atoms with E-state index < -0.39 is 0 Å². The van der Waals surface area contributed by atoms with Gasteiger partial charge in [0.1, 0.15) is 5.15 Å². The van der Waals surface area contributed by atoms with Crippen LogP contribution in [-0.4, -0.2) is 15.9 Å². The first-order chi connectivity index (χ1) is 8.58. The Labute approximate surface area is 114 Å². The Bertz CT molecular complexity index is 602. The molecular weight excluding hydrogens is 273 g/mol. The van der Waals surface area contributed by atoms with Crippen molar-refractivity contribution in [2.45, 2.75) is 6.92 Å². The number of aryl methyl sites for hydroxylation is 1. The van der Waals surface area contributed by atoms with Crippen molar-refractivity contribution in [2.24, 2.45) is 0 Å². The average molecular weight is 282 g/mol. The maximum Gasteiger partial charge on any atom is 0.258 e. The predicted octanol–water partition coefficient (Wildman–Crippen LogP) is 3.34. The third kappa shape index (κ3) is 2.78. The Hall–Kier alpha value is -1.65. The molecule has 0 unspecified atom stereocenters. The number of nitrogens with zero attached hydrogens (tertiary/aromatic N) is 2. The van der Waals surface area contributed by atoms with Gasteiger partial charge in [0.15, 0.2) is 5.15 Å². The molecule has 2 aromatic heterocycles. The minimum atomic E-state index is -0.373. The van der Waals surface area contributed by atoms with E-state index in [1.54, 1.807) is 37.4 Å². The molecule has 92 valence electrons. The molecule has 0 aromatic carbocycles. The van der Waals surface area contributed by atoms with Crippen LogP contribution in [0.25, 0.3) is 0 Å². The summed E-state index contributed by atoms with van der Waals surface area (Å²) in [6, 6.07) is 6.66. The van der Waals surface area contributed by atoms with Crippen molar-refractivity contribution in [1.82, 2.24) is 9.97 Å². The SMILES string of the molecule is Cc1ccc(C(=O)Nc2cccnc2Cl)c(Cl)n1. The lowest BCUT2D eigenvalue weighted by Crippen LogP contribution is -2.13. The van der Waals surface area contributed by atoms with Crippen LogP contribution in [0.3, 0.4) is 0 Å². The van der Waals surface area contributed by atoms with Gasteiger partial charge >= 0.3 is 0 Å². The number of nitrogens with one attached hydrogen (secondary N) is 1. The van der Waals surface area contributed by atoms with Crippen molar-refractivity contribution in [3.63, 3.8) is 0 Å². The fourth-order valence-electron chi connectivity index (χ4n) is 1.36. The second kappa shape index (κ2) is 5.33. The van der Waals surface area contributed by atoms with Crippen LogP contribution in [0.2, 0.25) is 10.3 Å². The number of aromatic nitrogens is 2. The van der Waals surface area contributed by atoms with Crippen molar-refractivity contribution < 1.29 is 4.79 Å². The Morgan fingerprint density at radius 1 is 1.22 bits per heavy atom. The highest BCUT2D eigenvalue weighted by Gasteiger charge is 2.13. The first-order valence-corrected chi connectivity index (χ1v) is 5.88. The third-order valence-corrected chi connectivity index (χ3v) is 2.83. The lowest BCUT2D eigenvalue weighted by atomic mass is 10.2. The van der Waals surface area contributed by atoms with Gasteiger partial charge in [0, 0.05) is 11.9 Å². The minimum Gasteiger partial charge on any atom is -0.319 e. The van der Waals surface area contributed by atoms with E-state index in [-0.39, 0.29) is 16.2 Å². The predicted molar refractivity (Wildman–Crippen MR) is 71.2 cm³/mol. The quantitative estimate of drug-likeness (QED) is 0.859. The minimum absolute atomic E-state index is 0.160. The summed E-state index contributed by atoms with van der Waals surface area (Å²) < 4.78 is 0. The van der Waals surface area contributed by atoms with Gasteiger partial charge in [0.25, 0.3) is 5.91 Å². The molecule has 0 bridgehead atoms. The summed E-state index contributed by atoms with van der Waals surface area (Å²) in [4.78, 5) is 19.9. The van der Waals surface area contributed by atoms with Gasteiger partial charge in [-0.05, 0) is 31.2 Å². The topological polar surface area (TPSA) is 54.9 Å². The summed E-state index contributed by atoms with van der Waals surface area (Å²) in [7, 11) is 0. The number of pyridine rings is 2. The second-order valence-corrected chi connectivity index (χ2v) is 4.30. The van der Waals surface area contributed by atoms with E-state index in [0.29, 0.717) is 11.3 Å². The van der Waals surface area contributed by atoms with Gasteiger partial charge in [-0.15, -0.1) is 0 Å². The van der Waals surface area contributed by atoms with Gasteiger partial charge in [-0.25, -0.2) is 9.97 Å². The van der Waals surface area contributed by atoms with E-state index in [4.69, 9.17) is 23.2 Å². The first kappa shape index (κ1) is 12.8. The molecule has 0 aliphatic carbocycles. The van der Waals surface area contributed by atoms with Crippen LogP contribution in [-0.2, 0) is 0 Å². The molecule has 6 heteroatoms. The van der Waals surface area contributed by atoms with Crippen LogP contribution >= 0.6 is 23.2 Å². The molecule has 0 atom stereocenters. The Kier molecular flexibility index (Phi) is 3.79. The largest absolute Gasteiger partial charge is 0.319 e. The van der Waals surface area contributed by atoms with Crippen molar-refractivity contribution in [2.75, 3.05) is 5.32 Å². The second-order valence-electron chi connectivity index (χ2n) is 3.59. The molecule has 1 N–H and O–H groups in total. The van der Waals surface area contributed by atoms with E-state index in [1.807, 2.05) is 0 Å². The van der Waals surface area contributed by atoms with Crippen LogP contribution in [0.5, 0.6) is 0 Å². The van der Waals surface area contributed by atoms with E-state index in [0.717, 1.165) is 5.69 Å². The van der Waals surface area contributed by atoms with Crippen molar-refractivity contribution in [3.8, 4) is 0 Å². The van der Waals surface area contributed by atoms with Gasteiger partial charge in [-0.3, -0.25) is 4.79 Å². The molecule has 0 aliphatic rings. The van der Waals surface area contributed by atoms with Crippen molar-refractivity contribution in [3.05, 3.63) is 52.0 Å². The van der Waals surface area contributed by atoms with Gasteiger partial charge in [-0.1, -0.05) is 23.2 Å². The Morgan fingerprint density at radius 2 is 2.00 bits per heavy atom. The maximum absolute atomic E-state index is 12.0. The summed E-state index contributed by atoms with van der Waals surface area (Å²) in [5.74, 6) is -0.373. The van der Waals surface area contributed by atoms with Crippen LogP contribution in [0, 0.1) is 6.92 Å². The average Bonchev–Trinajstić information content (AvgIpc) is 2.32. The smallest absolute Gasteiger partial charge is 0.258 e. The van der Waals surface area contributed by atoms with Crippen molar-refractivity contribution >= 4 is 34.8 Å². The van der Waals surface area contributed by atoms with E-state index >= 15 is 0 Å². The number of hydrogen-bond donors (Lipinski definition) is 1. The molecule has 1 amide bonds. The van der Waals surface area contributed by atoms with Crippen LogP contribution < -0.4 is 5.32 Å². The Morgan fingerprint density at radius 3 is 2.67 bits per heavy atom. The molecule has 0 saturated carbocycles. The summed E-state index contributed by atoms with van der Waals surface area (Å²) in [6.07, 6.45) is 1.54. The molecule has 4 nitrogen and oxygen atoms in total. The first-order valence-electron chi connectivity index (χ1n) is 5.13. The fourth-order valence-corrected chi connectivity index (χ4v) is 1.81. The van der Waals surface area contributed by atoms with Gasteiger partial charge in [-0.2, -0.15) is 0 Å². The molecular formula is C12H9Cl2N3O. The summed E-state index contributed by atoms with van der Waals surface area (Å²) in [6.45, 7) is 1.80. The van der Waals surface area contributed by atoms with Gasteiger partial charge in [0.2, 0.25) is 0 Å². The molecule has 2 rings (SSSR count). The summed E-state index contributed by atoms with van der Waals surface area (Å²) in [5, 5.41) is 3.01. The number of hydrogen-bond acceptors (Lipinski definition) is 3. The zero-order chi connectivity index (χ0) is 13.1. The van der Waals surface area contributed by atoms with Crippen molar-refractivity contribution in [1.29, 1.82) is 0 Å². The number of carbonyl (C=O) groups excluding carboxylic acids is 1. The highest BCUT2D eigenvalue weighted by Crippen LogP contribution is 2.20. The molecule has 0 aliphatic heterocycles. The van der Waals surface area contributed by atoms with Crippen LogP contribution in [0.15, 0.2) is 30.5 Å². The highest BCUT2D eigenvalue weighted by molar-refractivity contribution is 6.34. The highest BCUT2D eigenvalue weighted by atomic mass is 35.5. The molecule has 0 spiro atoms. The molecule has 0 saturated heterocycles. The zero-order valence-electron chi connectivity index (χ0n) is 9.45. The molecule has 2 heterocycles. The maximum atomic E-state index is 12.0. The molecule has 18 heavy (non-hydrogen) atoms. The zero-order valence-corrected chi connectivity index (χ0v) is 11.0. The standard InChI is InChI=1S/C12H9Cl2N3O/c1-7-4-5-8(10(13)16-7)12(18)17-9-3-2-6-15-11(9)14/h2-6H,1H3,(H,17,18).